The molecular formula is C18H18N2O2. The van der Waals surface area contributed by atoms with E-state index in [2.05, 4.69) is 5.32 Å². The summed E-state index contributed by atoms with van der Waals surface area (Å²) in [6.45, 7) is 1.84. The zero-order chi connectivity index (χ0) is 15.9. The average molecular weight is 294 g/mol. The average Bonchev–Trinajstić information content (AvgIpc) is 2.54. The molecule has 0 fully saturated rings. The fraction of sp³-hybridized carbons (Fsp3) is 0.111. The van der Waals surface area contributed by atoms with Gasteiger partial charge in [0, 0.05) is 6.08 Å². The number of carbonyl (C=O) groups excluding carboxylic acids is 2. The summed E-state index contributed by atoms with van der Waals surface area (Å²) in [7, 11) is 0. The van der Waals surface area contributed by atoms with E-state index in [4.69, 9.17) is 5.73 Å². The monoisotopic (exact) mass is 294 g/mol. The first-order valence-electron chi connectivity index (χ1n) is 6.96. The van der Waals surface area contributed by atoms with Crippen molar-refractivity contribution < 1.29 is 9.59 Å². The van der Waals surface area contributed by atoms with Crippen molar-refractivity contribution in [2.24, 2.45) is 5.73 Å². The van der Waals surface area contributed by atoms with Crippen molar-refractivity contribution in [3.8, 4) is 0 Å². The van der Waals surface area contributed by atoms with Crippen LogP contribution in [-0.2, 0) is 9.59 Å². The third kappa shape index (κ3) is 4.06. The summed E-state index contributed by atoms with van der Waals surface area (Å²) in [5, 5.41) is 2.64. The number of primary amides is 1. The molecule has 22 heavy (non-hydrogen) atoms. The van der Waals surface area contributed by atoms with Crippen molar-refractivity contribution in [2.75, 3.05) is 0 Å². The highest BCUT2D eigenvalue weighted by Crippen LogP contribution is 2.14. The van der Waals surface area contributed by atoms with Gasteiger partial charge >= 0.3 is 0 Å². The van der Waals surface area contributed by atoms with E-state index in [1.807, 2.05) is 43.3 Å². The van der Waals surface area contributed by atoms with Gasteiger partial charge in [0.05, 0.1) is 0 Å². The van der Waals surface area contributed by atoms with E-state index < -0.39 is 11.9 Å². The number of hydrogen-bond donors (Lipinski definition) is 2. The Morgan fingerprint density at radius 1 is 1.00 bits per heavy atom. The lowest BCUT2D eigenvalue weighted by atomic mass is 10.1. The summed E-state index contributed by atoms with van der Waals surface area (Å²) in [5.74, 6) is -0.945. The Kier molecular flexibility index (Phi) is 5.09. The molecular weight excluding hydrogens is 276 g/mol. The van der Waals surface area contributed by atoms with Crippen LogP contribution >= 0.6 is 0 Å². The Labute approximate surface area is 129 Å². The van der Waals surface area contributed by atoms with Gasteiger partial charge in [-0.15, -0.1) is 0 Å². The zero-order valence-electron chi connectivity index (χ0n) is 12.3. The molecule has 3 N–H and O–H groups in total. The molecule has 0 saturated heterocycles. The van der Waals surface area contributed by atoms with Crippen LogP contribution in [0.3, 0.4) is 0 Å². The van der Waals surface area contributed by atoms with Crippen LogP contribution in [0.2, 0.25) is 0 Å². The van der Waals surface area contributed by atoms with Gasteiger partial charge < -0.3 is 11.1 Å². The van der Waals surface area contributed by atoms with Gasteiger partial charge in [-0.05, 0) is 23.6 Å². The fourth-order valence-electron chi connectivity index (χ4n) is 2.13. The highest BCUT2D eigenvalue weighted by Gasteiger charge is 2.19. The van der Waals surface area contributed by atoms with Crippen molar-refractivity contribution in [2.45, 2.75) is 13.0 Å². The highest BCUT2D eigenvalue weighted by molar-refractivity contribution is 5.97. The predicted molar refractivity (Wildman–Crippen MR) is 86.6 cm³/mol. The Balaban J connectivity index is 2.14. The molecule has 0 heterocycles. The van der Waals surface area contributed by atoms with E-state index in [-0.39, 0.29) is 5.91 Å². The molecule has 0 aliphatic heterocycles. The number of carbonyl (C=O) groups is 2. The lowest BCUT2D eigenvalue weighted by Gasteiger charge is -2.15. The quantitative estimate of drug-likeness (QED) is 0.831. The molecule has 2 aromatic carbocycles. The molecule has 2 rings (SSSR count). The van der Waals surface area contributed by atoms with Crippen LogP contribution in [-0.4, -0.2) is 11.8 Å². The Hall–Kier alpha value is -2.88. The van der Waals surface area contributed by atoms with Crippen LogP contribution in [0.1, 0.15) is 24.1 Å². The second-order valence-electron chi connectivity index (χ2n) is 4.95. The summed E-state index contributed by atoms with van der Waals surface area (Å²) in [5.41, 5.74) is 7.81. The van der Waals surface area contributed by atoms with Gasteiger partial charge in [0.2, 0.25) is 11.8 Å². The van der Waals surface area contributed by atoms with Crippen LogP contribution in [0.25, 0.3) is 5.57 Å². The van der Waals surface area contributed by atoms with Crippen molar-refractivity contribution >= 4 is 17.4 Å². The van der Waals surface area contributed by atoms with Gasteiger partial charge in [0.1, 0.15) is 6.04 Å². The highest BCUT2D eigenvalue weighted by atomic mass is 16.2. The minimum absolute atomic E-state index is 0.353. The van der Waals surface area contributed by atoms with Crippen molar-refractivity contribution in [3.63, 3.8) is 0 Å². The van der Waals surface area contributed by atoms with Gasteiger partial charge in [0.15, 0.2) is 0 Å². The molecule has 0 aliphatic rings. The van der Waals surface area contributed by atoms with Gasteiger partial charge in [0.25, 0.3) is 0 Å². The van der Waals surface area contributed by atoms with Crippen LogP contribution < -0.4 is 11.1 Å². The lowest BCUT2D eigenvalue weighted by molar-refractivity contribution is -0.125. The first-order valence-corrected chi connectivity index (χ1v) is 6.96. The number of nitrogens with one attached hydrogen (secondary N) is 1. The normalized spacial score (nSPS) is 12.5. The molecule has 0 aliphatic carbocycles. The summed E-state index contributed by atoms with van der Waals surface area (Å²) in [4.78, 5) is 23.7. The topological polar surface area (TPSA) is 72.2 Å². The third-order valence-corrected chi connectivity index (χ3v) is 3.28. The van der Waals surface area contributed by atoms with Gasteiger partial charge in [-0.3, -0.25) is 9.59 Å². The Bertz CT molecular complexity index is 679. The SMILES string of the molecule is C/C(=C/C(=O)N[C@H](C(N)=O)c1ccccc1)c1ccccc1. The molecule has 112 valence electrons. The summed E-state index contributed by atoms with van der Waals surface area (Å²) < 4.78 is 0. The van der Waals surface area contributed by atoms with Crippen LogP contribution in [0, 0.1) is 0 Å². The third-order valence-electron chi connectivity index (χ3n) is 3.28. The van der Waals surface area contributed by atoms with Crippen molar-refractivity contribution in [1.29, 1.82) is 0 Å². The standard InChI is InChI=1S/C18H18N2O2/c1-13(14-8-4-2-5-9-14)12-16(21)20-17(18(19)22)15-10-6-3-7-11-15/h2-12,17H,1H3,(H2,19,22)(H,20,21)/b13-12-/t17-/m0/s1. The number of hydrogen-bond acceptors (Lipinski definition) is 2. The van der Waals surface area contributed by atoms with E-state index in [9.17, 15) is 9.59 Å². The maximum atomic E-state index is 12.1. The number of amides is 2. The van der Waals surface area contributed by atoms with E-state index >= 15 is 0 Å². The molecule has 0 spiro atoms. The van der Waals surface area contributed by atoms with Crippen LogP contribution in [0.15, 0.2) is 66.7 Å². The molecule has 2 aromatic rings. The second kappa shape index (κ2) is 7.22. The van der Waals surface area contributed by atoms with Crippen molar-refractivity contribution in [1.82, 2.24) is 5.32 Å². The van der Waals surface area contributed by atoms with Crippen LogP contribution in [0.4, 0.5) is 0 Å². The lowest BCUT2D eigenvalue weighted by Crippen LogP contribution is -2.36. The summed E-state index contributed by atoms with van der Waals surface area (Å²) >= 11 is 0. The fourth-order valence-corrected chi connectivity index (χ4v) is 2.13. The minimum Gasteiger partial charge on any atom is -0.368 e. The van der Waals surface area contributed by atoms with E-state index in [0.717, 1.165) is 11.1 Å². The van der Waals surface area contributed by atoms with Crippen molar-refractivity contribution in [3.05, 3.63) is 77.9 Å². The van der Waals surface area contributed by atoms with Gasteiger partial charge in [-0.2, -0.15) is 0 Å². The molecule has 1 atom stereocenters. The molecule has 0 saturated carbocycles. The second-order valence-corrected chi connectivity index (χ2v) is 4.95. The van der Waals surface area contributed by atoms with E-state index in [1.54, 1.807) is 24.3 Å². The predicted octanol–water partition coefficient (Wildman–Crippen LogP) is 2.43. The first kappa shape index (κ1) is 15.5. The Morgan fingerprint density at radius 2 is 1.55 bits per heavy atom. The molecule has 2 amide bonds. The van der Waals surface area contributed by atoms with E-state index in [1.165, 1.54) is 6.08 Å². The molecule has 0 radical (unpaired) electrons. The molecule has 0 aromatic heterocycles. The molecule has 0 bridgehead atoms. The minimum atomic E-state index is -0.839. The zero-order valence-corrected chi connectivity index (χ0v) is 12.3. The Morgan fingerprint density at radius 3 is 2.09 bits per heavy atom. The van der Waals surface area contributed by atoms with E-state index in [0.29, 0.717) is 5.56 Å². The molecule has 0 unspecified atom stereocenters. The summed E-state index contributed by atoms with van der Waals surface area (Å²) in [6, 6.07) is 17.6. The van der Waals surface area contributed by atoms with Gasteiger partial charge in [-0.1, -0.05) is 60.7 Å². The first-order chi connectivity index (χ1) is 10.6. The number of benzene rings is 2. The summed E-state index contributed by atoms with van der Waals surface area (Å²) in [6.07, 6.45) is 1.47. The molecule has 4 nitrogen and oxygen atoms in total. The van der Waals surface area contributed by atoms with Crippen LogP contribution in [0.5, 0.6) is 0 Å². The molecule has 4 heteroatoms. The maximum absolute atomic E-state index is 12.1. The number of nitrogens with two attached hydrogens (primary N) is 1. The smallest absolute Gasteiger partial charge is 0.245 e. The number of allylic oxidation sites excluding steroid dienone is 1. The maximum Gasteiger partial charge on any atom is 0.245 e. The van der Waals surface area contributed by atoms with Gasteiger partial charge in [-0.25, -0.2) is 0 Å². The largest absolute Gasteiger partial charge is 0.368 e. The number of rotatable bonds is 5.